The Morgan fingerprint density at radius 2 is 1.26 bits per heavy atom. The van der Waals surface area contributed by atoms with Gasteiger partial charge in [0.1, 0.15) is 19.2 Å². The largest absolute Gasteiger partial charge is 0.459 e. The predicted molar refractivity (Wildman–Crippen MR) is 191 cm³/mol. The highest BCUT2D eigenvalue weighted by atomic mass is 31.2. The zero-order chi connectivity index (χ0) is 34.8. The van der Waals surface area contributed by atoms with Crippen molar-refractivity contribution in [3.05, 3.63) is 138 Å². The number of nitrogens with one attached hydrogen (secondary N) is 1. The Bertz CT molecular complexity index is 1750. The van der Waals surface area contributed by atoms with Crippen molar-refractivity contribution in [3.63, 3.8) is 0 Å². The Kier molecular flexibility index (Phi) is 11.6. The molecule has 4 aromatic rings. The topological polar surface area (TPSA) is 111 Å². The lowest BCUT2D eigenvalue weighted by Crippen LogP contribution is -2.53. The number of carbonyl (C=O) groups is 3. The van der Waals surface area contributed by atoms with Gasteiger partial charge in [-0.3, -0.25) is 23.8 Å². The van der Waals surface area contributed by atoms with Crippen LogP contribution in [-0.4, -0.2) is 36.5 Å². The highest BCUT2D eigenvalue weighted by Crippen LogP contribution is 2.57. The van der Waals surface area contributed by atoms with Gasteiger partial charge in [0.05, 0.1) is 24.8 Å². The van der Waals surface area contributed by atoms with Gasteiger partial charge in [0.15, 0.2) is 0 Å². The van der Waals surface area contributed by atoms with E-state index in [-0.39, 0.29) is 38.4 Å². The maximum atomic E-state index is 14.6. The highest BCUT2D eigenvalue weighted by Gasteiger charge is 2.49. The molecule has 1 aliphatic heterocycles. The first-order chi connectivity index (χ1) is 24.3. The van der Waals surface area contributed by atoms with Crippen molar-refractivity contribution in [1.82, 2.24) is 5.32 Å². The molecule has 1 heterocycles. The lowest BCUT2D eigenvalue weighted by atomic mass is 9.87. The molecule has 9 nitrogen and oxygen atoms in total. The number of hydrogen-bond acceptors (Lipinski definition) is 7. The number of rotatable bonds is 14. The second-order valence-corrected chi connectivity index (χ2v) is 15.1. The Morgan fingerprint density at radius 1 is 0.740 bits per heavy atom. The van der Waals surface area contributed by atoms with Gasteiger partial charge in [-0.2, -0.15) is 0 Å². The van der Waals surface area contributed by atoms with E-state index in [4.69, 9.17) is 13.8 Å². The van der Waals surface area contributed by atoms with Crippen LogP contribution < -0.4 is 10.2 Å². The first-order valence-corrected chi connectivity index (χ1v) is 18.9. The first kappa shape index (κ1) is 35.3. The average Bonchev–Trinajstić information content (AvgIpc) is 3.59. The molecule has 2 amide bonds. The van der Waals surface area contributed by atoms with Crippen molar-refractivity contribution < 1.29 is 32.7 Å². The van der Waals surface area contributed by atoms with Crippen LogP contribution in [0.5, 0.6) is 0 Å². The number of esters is 1. The summed E-state index contributed by atoms with van der Waals surface area (Å²) in [5.74, 6) is -1.29. The van der Waals surface area contributed by atoms with Crippen molar-refractivity contribution in [2.45, 2.75) is 64.4 Å². The molecule has 4 aromatic carbocycles. The summed E-state index contributed by atoms with van der Waals surface area (Å²) in [4.78, 5) is 43.0. The first-order valence-electron chi connectivity index (χ1n) is 17.2. The summed E-state index contributed by atoms with van der Waals surface area (Å²) in [5, 5.41) is 3.04. The number of aryl methyl sites for hydroxylation is 1. The number of anilines is 1. The van der Waals surface area contributed by atoms with Crippen molar-refractivity contribution >= 4 is 31.1 Å². The standard InChI is InChI=1S/C40H43N2O7P/c43-37(47-27-31-14-4-1-5-15-31)26-42-36-21-11-10-20-34(36)22-23-35(38(42)44)41-39(45)40(24-12-13-25-40)30-50(46,48-28-32-16-6-2-7-17-32)49-29-33-18-8-3-9-19-33/h1-11,14-21,35H,12-13,22-30H2,(H,41,45)/t35-/m0/s1. The van der Waals surface area contributed by atoms with Gasteiger partial charge in [0.25, 0.3) is 0 Å². The molecule has 0 saturated heterocycles. The molecule has 0 spiro atoms. The number of amides is 2. The lowest BCUT2D eigenvalue weighted by Gasteiger charge is -2.33. The molecular formula is C40H43N2O7P. The van der Waals surface area contributed by atoms with Gasteiger partial charge < -0.3 is 19.1 Å². The molecule has 1 N–H and O–H groups in total. The number of benzene rings is 4. The van der Waals surface area contributed by atoms with Gasteiger partial charge >= 0.3 is 13.6 Å². The van der Waals surface area contributed by atoms with Crippen LogP contribution in [0.15, 0.2) is 115 Å². The maximum Gasteiger partial charge on any atom is 0.332 e. The van der Waals surface area contributed by atoms with Gasteiger partial charge in [-0.15, -0.1) is 0 Å². The van der Waals surface area contributed by atoms with Crippen molar-refractivity contribution in [2.24, 2.45) is 5.41 Å². The van der Waals surface area contributed by atoms with Crippen molar-refractivity contribution in [2.75, 3.05) is 17.6 Å². The van der Waals surface area contributed by atoms with Crippen LogP contribution >= 0.6 is 7.60 Å². The van der Waals surface area contributed by atoms with Gasteiger partial charge in [0, 0.05) is 5.69 Å². The summed E-state index contributed by atoms with van der Waals surface area (Å²) < 4.78 is 32.3. The number of hydrogen-bond donors (Lipinski definition) is 1. The highest BCUT2D eigenvalue weighted by molar-refractivity contribution is 7.53. The van der Waals surface area contributed by atoms with Crippen molar-refractivity contribution in [3.8, 4) is 0 Å². The zero-order valence-corrected chi connectivity index (χ0v) is 29.0. The van der Waals surface area contributed by atoms with E-state index in [9.17, 15) is 18.9 Å². The number of ether oxygens (including phenoxy) is 1. The zero-order valence-electron chi connectivity index (χ0n) is 28.1. The van der Waals surface area contributed by atoms with E-state index in [0.29, 0.717) is 31.4 Å². The second-order valence-electron chi connectivity index (χ2n) is 13.0. The average molecular weight is 695 g/mol. The summed E-state index contributed by atoms with van der Waals surface area (Å²) in [6.45, 7) is -0.0700. The summed E-state index contributed by atoms with van der Waals surface area (Å²) >= 11 is 0. The molecule has 2 aliphatic rings. The van der Waals surface area contributed by atoms with Gasteiger partial charge in [0.2, 0.25) is 11.8 Å². The van der Waals surface area contributed by atoms with E-state index >= 15 is 0 Å². The molecule has 0 radical (unpaired) electrons. The van der Waals surface area contributed by atoms with E-state index in [1.165, 1.54) is 4.90 Å². The van der Waals surface area contributed by atoms with Crippen LogP contribution in [-0.2, 0) is 59.0 Å². The number of nitrogens with zero attached hydrogens (tertiary/aromatic N) is 1. The molecule has 0 unspecified atom stereocenters. The van der Waals surface area contributed by atoms with E-state index in [0.717, 1.165) is 35.1 Å². The van der Waals surface area contributed by atoms with Crippen LogP contribution in [0.25, 0.3) is 0 Å². The molecule has 50 heavy (non-hydrogen) atoms. The number of fused-ring (bicyclic) bond motifs is 1. The molecule has 1 atom stereocenters. The van der Waals surface area contributed by atoms with Crippen LogP contribution in [0.1, 0.15) is 54.4 Å². The molecule has 1 aliphatic carbocycles. The quantitative estimate of drug-likeness (QED) is 0.108. The minimum Gasteiger partial charge on any atom is -0.459 e. The van der Waals surface area contributed by atoms with Crippen LogP contribution in [0.2, 0.25) is 0 Å². The molecule has 0 aromatic heterocycles. The third kappa shape index (κ3) is 8.96. The minimum absolute atomic E-state index is 0.0688. The molecule has 1 fully saturated rings. The van der Waals surface area contributed by atoms with Crippen molar-refractivity contribution in [1.29, 1.82) is 0 Å². The fraction of sp³-hybridized carbons (Fsp3) is 0.325. The fourth-order valence-electron chi connectivity index (χ4n) is 6.74. The van der Waals surface area contributed by atoms with Crippen LogP contribution in [0.3, 0.4) is 0 Å². The Labute approximate surface area is 293 Å². The van der Waals surface area contributed by atoms with E-state index in [2.05, 4.69) is 5.32 Å². The van der Waals surface area contributed by atoms with Gasteiger partial charge in [-0.1, -0.05) is 122 Å². The number of para-hydroxylation sites is 1. The SMILES string of the molecule is O=C(CN1C(=O)[C@@H](NC(=O)C2(CP(=O)(OCc3ccccc3)OCc3ccccc3)CCCC2)CCc2ccccc21)OCc1ccccc1. The second kappa shape index (κ2) is 16.4. The Hall–Kier alpha value is -4.56. The molecule has 6 rings (SSSR count). The van der Waals surface area contributed by atoms with E-state index in [1.54, 1.807) is 0 Å². The normalized spacial score (nSPS) is 17.1. The Morgan fingerprint density at radius 3 is 1.84 bits per heavy atom. The third-order valence-corrected chi connectivity index (χ3v) is 11.5. The summed E-state index contributed by atoms with van der Waals surface area (Å²) in [5.41, 5.74) is 2.99. The summed E-state index contributed by atoms with van der Waals surface area (Å²) in [7, 11) is -3.83. The minimum atomic E-state index is -3.83. The fourth-order valence-corrected chi connectivity index (χ4v) is 8.89. The molecule has 260 valence electrons. The predicted octanol–water partition coefficient (Wildman–Crippen LogP) is 7.38. The van der Waals surface area contributed by atoms with Crippen LogP contribution in [0, 0.1) is 5.41 Å². The monoisotopic (exact) mass is 694 g/mol. The number of carbonyl (C=O) groups excluding carboxylic acids is 3. The molecule has 1 saturated carbocycles. The maximum absolute atomic E-state index is 14.6. The van der Waals surface area contributed by atoms with Gasteiger partial charge in [-0.25, -0.2) is 0 Å². The molecule has 0 bridgehead atoms. The van der Waals surface area contributed by atoms with E-state index in [1.807, 2.05) is 115 Å². The van der Waals surface area contributed by atoms with Crippen LogP contribution in [0.4, 0.5) is 5.69 Å². The van der Waals surface area contributed by atoms with E-state index < -0.39 is 30.9 Å². The summed E-state index contributed by atoms with van der Waals surface area (Å²) in [6.07, 6.45) is 3.28. The van der Waals surface area contributed by atoms with Gasteiger partial charge in [-0.05, 0) is 54.0 Å². The molecular weight excluding hydrogens is 651 g/mol. The molecule has 10 heteroatoms. The Balaban J connectivity index is 1.19. The lowest BCUT2D eigenvalue weighted by molar-refractivity contribution is -0.144. The third-order valence-electron chi connectivity index (χ3n) is 9.46. The summed E-state index contributed by atoms with van der Waals surface area (Å²) in [6, 6.07) is 34.8. The smallest absolute Gasteiger partial charge is 0.332 e.